The third kappa shape index (κ3) is 3.41. The van der Waals surface area contributed by atoms with Gasteiger partial charge in [0.1, 0.15) is 0 Å². The zero-order valence-corrected chi connectivity index (χ0v) is 8.97. The summed E-state index contributed by atoms with van der Waals surface area (Å²) in [5.74, 6) is 0. The number of hydrogen-bond acceptors (Lipinski definition) is 2. The van der Waals surface area contributed by atoms with Crippen molar-refractivity contribution in [2.75, 3.05) is 0 Å². The van der Waals surface area contributed by atoms with Gasteiger partial charge in [-0.1, -0.05) is 26.0 Å². The van der Waals surface area contributed by atoms with Crippen LogP contribution < -0.4 is 0 Å². The van der Waals surface area contributed by atoms with Crippen LogP contribution in [0, 0.1) is 0 Å². The molecule has 1 unspecified atom stereocenters. The summed E-state index contributed by atoms with van der Waals surface area (Å²) in [6, 6.07) is 8.09. The normalized spacial score (nSPS) is 12.8. The molecule has 0 saturated heterocycles. The molecule has 0 bridgehead atoms. The lowest BCUT2D eigenvalue weighted by atomic mass is 10.2. The maximum Gasteiger partial charge on any atom is 0.0682 e. The predicted molar refractivity (Wildman–Crippen MR) is 58.0 cm³/mol. The molecule has 0 saturated carbocycles. The smallest absolute Gasteiger partial charge is 0.0682 e. The molecule has 0 aliphatic heterocycles. The Hall–Kier alpha value is -0.470. The van der Waals surface area contributed by atoms with Crippen molar-refractivity contribution in [3.63, 3.8) is 0 Å². The van der Waals surface area contributed by atoms with Crippen LogP contribution in [-0.4, -0.2) is 10.4 Å². The Morgan fingerprint density at radius 1 is 1.46 bits per heavy atom. The van der Waals surface area contributed by atoms with E-state index in [0.717, 1.165) is 5.56 Å². The monoisotopic (exact) mass is 196 g/mol. The average Bonchev–Trinajstić information content (AvgIpc) is 2.18. The Bertz CT molecular complexity index is 260. The third-order valence-electron chi connectivity index (χ3n) is 1.99. The highest BCUT2D eigenvalue weighted by Gasteiger charge is 2.01. The number of benzene rings is 1. The van der Waals surface area contributed by atoms with E-state index in [1.165, 1.54) is 11.3 Å². The molecule has 1 aromatic rings. The standard InChI is InChI=1S/C11H16OS/c1-3-9(2)13-11-6-4-5-10(7-11)8-12/h4-7,9,12H,3,8H2,1-2H3. The van der Waals surface area contributed by atoms with Crippen LogP contribution in [0.2, 0.25) is 0 Å². The van der Waals surface area contributed by atoms with Gasteiger partial charge >= 0.3 is 0 Å². The molecular formula is C11H16OS. The van der Waals surface area contributed by atoms with Gasteiger partial charge in [0.2, 0.25) is 0 Å². The molecular weight excluding hydrogens is 180 g/mol. The minimum atomic E-state index is 0.134. The second-order valence-corrected chi connectivity index (χ2v) is 4.65. The third-order valence-corrected chi connectivity index (χ3v) is 3.26. The van der Waals surface area contributed by atoms with Crippen molar-refractivity contribution >= 4 is 11.8 Å². The first kappa shape index (κ1) is 10.6. The summed E-state index contributed by atoms with van der Waals surface area (Å²) < 4.78 is 0. The molecule has 0 fully saturated rings. The van der Waals surface area contributed by atoms with Crippen LogP contribution in [-0.2, 0) is 6.61 Å². The zero-order chi connectivity index (χ0) is 9.68. The van der Waals surface area contributed by atoms with Gasteiger partial charge in [-0.25, -0.2) is 0 Å². The van der Waals surface area contributed by atoms with Crippen LogP contribution in [0.4, 0.5) is 0 Å². The van der Waals surface area contributed by atoms with Crippen molar-refractivity contribution in [1.82, 2.24) is 0 Å². The highest BCUT2D eigenvalue weighted by Crippen LogP contribution is 2.25. The van der Waals surface area contributed by atoms with Gasteiger partial charge in [-0.2, -0.15) is 0 Å². The minimum Gasteiger partial charge on any atom is -0.392 e. The number of hydrogen-bond donors (Lipinski definition) is 1. The first-order chi connectivity index (χ1) is 6.26. The van der Waals surface area contributed by atoms with E-state index in [2.05, 4.69) is 26.0 Å². The summed E-state index contributed by atoms with van der Waals surface area (Å²) in [5, 5.41) is 9.59. The number of rotatable bonds is 4. The number of aliphatic hydroxyl groups excluding tert-OH is 1. The van der Waals surface area contributed by atoms with E-state index in [1.807, 2.05) is 23.9 Å². The Morgan fingerprint density at radius 3 is 2.85 bits per heavy atom. The summed E-state index contributed by atoms with van der Waals surface area (Å²) in [4.78, 5) is 1.25. The molecule has 13 heavy (non-hydrogen) atoms. The molecule has 0 heterocycles. The van der Waals surface area contributed by atoms with Gasteiger partial charge in [0, 0.05) is 10.1 Å². The second kappa shape index (κ2) is 5.30. The zero-order valence-electron chi connectivity index (χ0n) is 8.16. The Kier molecular flexibility index (Phi) is 4.33. The molecule has 0 spiro atoms. The topological polar surface area (TPSA) is 20.2 Å². The van der Waals surface area contributed by atoms with E-state index in [1.54, 1.807) is 0 Å². The first-order valence-corrected chi connectivity index (χ1v) is 5.50. The Labute approximate surface area is 84.2 Å². The van der Waals surface area contributed by atoms with Gasteiger partial charge in [-0.3, -0.25) is 0 Å². The fourth-order valence-corrected chi connectivity index (χ4v) is 2.04. The van der Waals surface area contributed by atoms with Crippen molar-refractivity contribution in [2.24, 2.45) is 0 Å². The van der Waals surface area contributed by atoms with Crippen LogP contribution >= 0.6 is 11.8 Å². The molecule has 72 valence electrons. The molecule has 1 rings (SSSR count). The van der Waals surface area contributed by atoms with Crippen LogP contribution in [0.5, 0.6) is 0 Å². The van der Waals surface area contributed by atoms with E-state index in [9.17, 15) is 0 Å². The summed E-state index contributed by atoms with van der Waals surface area (Å²) in [5.41, 5.74) is 0.994. The largest absolute Gasteiger partial charge is 0.392 e. The number of aliphatic hydroxyl groups is 1. The van der Waals surface area contributed by atoms with Gasteiger partial charge < -0.3 is 5.11 Å². The van der Waals surface area contributed by atoms with Crippen molar-refractivity contribution in [3.05, 3.63) is 29.8 Å². The summed E-state index contributed by atoms with van der Waals surface area (Å²) in [7, 11) is 0. The lowest BCUT2D eigenvalue weighted by Crippen LogP contribution is -1.92. The molecule has 0 aliphatic rings. The summed E-state index contributed by atoms with van der Waals surface area (Å²) >= 11 is 1.86. The molecule has 0 aromatic heterocycles. The molecule has 0 aliphatic carbocycles. The van der Waals surface area contributed by atoms with Gasteiger partial charge in [0.05, 0.1) is 6.61 Å². The second-order valence-electron chi connectivity index (χ2n) is 3.14. The fourth-order valence-electron chi connectivity index (χ4n) is 1.03. The minimum absolute atomic E-state index is 0.134. The Balaban J connectivity index is 2.66. The highest BCUT2D eigenvalue weighted by atomic mass is 32.2. The van der Waals surface area contributed by atoms with E-state index in [0.29, 0.717) is 5.25 Å². The molecule has 2 heteroatoms. The van der Waals surface area contributed by atoms with Crippen LogP contribution in [0.1, 0.15) is 25.8 Å². The average molecular weight is 196 g/mol. The predicted octanol–water partition coefficient (Wildman–Crippen LogP) is 3.07. The molecule has 0 amide bonds. The molecule has 1 N–H and O–H groups in total. The maximum absolute atomic E-state index is 8.94. The molecule has 1 aromatic carbocycles. The maximum atomic E-state index is 8.94. The van der Waals surface area contributed by atoms with E-state index >= 15 is 0 Å². The quantitative estimate of drug-likeness (QED) is 0.747. The fraction of sp³-hybridized carbons (Fsp3) is 0.455. The van der Waals surface area contributed by atoms with Crippen LogP contribution in [0.15, 0.2) is 29.2 Å². The SMILES string of the molecule is CCC(C)Sc1cccc(CO)c1. The first-order valence-electron chi connectivity index (χ1n) is 4.62. The van der Waals surface area contributed by atoms with Crippen molar-refractivity contribution < 1.29 is 5.11 Å². The van der Waals surface area contributed by atoms with Crippen LogP contribution in [0.3, 0.4) is 0 Å². The Morgan fingerprint density at radius 2 is 2.23 bits per heavy atom. The van der Waals surface area contributed by atoms with Gasteiger partial charge in [-0.05, 0) is 24.1 Å². The molecule has 0 radical (unpaired) electrons. The number of thioether (sulfide) groups is 1. The van der Waals surface area contributed by atoms with Crippen LogP contribution in [0.25, 0.3) is 0 Å². The van der Waals surface area contributed by atoms with Crippen molar-refractivity contribution in [1.29, 1.82) is 0 Å². The van der Waals surface area contributed by atoms with Crippen molar-refractivity contribution in [3.8, 4) is 0 Å². The highest BCUT2D eigenvalue weighted by molar-refractivity contribution is 7.99. The lowest BCUT2D eigenvalue weighted by molar-refractivity contribution is 0.281. The molecule has 1 atom stereocenters. The van der Waals surface area contributed by atoms with Crippen molar-refractivity contribution in [2.45, 2.75) is 37.0 Å². The summed E-state index contributed by atoms with van der Waals surface area (Å²) in [6.07, 6.45) is 1.17. The van der Waals surface area contributed by atoms with E-state index < -0.39 is 0 Å². The van der Waals surface area contributed by atoms with E-state index in [4.69, 9.17) is 5.11 Å². The van der Waals surface area contributed by atoms with E-state index in [-0.39, 0.29) is 6.61 Å². The van der Waals surface area contributed by atoms with Gasteiger partial charge in [-0.15, -0.1) is 11.8 Å². The molecule has 1 nitrogen and oxygen atoms in total. The summed E-state index contributed by atoms with van der Waals surface area (Å²) in [6.45, 7) is 4.54. The van der Waals surface area contributed by atoms with Gasteiger partial charge in [0.25, 0.3) is 0 Å². The lowest BCUT2D eigenvalue weighted by Gasteiger charge is -2.08. The van der Waals surface area contributed by atoms with Gasteiger partial charge in [0.15, 0.2) is 0 Å².